The summed E-state index contributed by atoms with van der Waals surface area (Å²) < 4.78 is 0. The minimum absolute atomic E-state index is 0.344. The van der Waals surface area contributed by atoms with Crippen LogP contribution in [0.5, 0.6) is 0 Å². The third-order valence-electron chi connectivity index (χ3n) is 3.56. The zero-order valence-corrected chi connectivity index (χ0v) is 12.4. The number of benzene rings is 1. The molecule has 1 aromatic carbocycles. The topological polar surface area (TPSA) is 12.0 Å². The smallest absolute Gasteiger partial charge is 0.0640 e. The van der Waals surface area contributed by atoms with Crippen LogP contribution in [0.25, 0.3) is 0 Å². The van der Waals surface area contributed by atoms with Crippen LogP contribution in [0.4, 0.5) is 0 Å². The lowest BCUT2D eigenvalue weighted by Gasteiger charge is -2.20. The molecule has 1 N–H and O–H groups in total. The Bertz CT molecular complexity index is 388. The van der Waals surface area contributed by atoms with E-state index in [0.717, 1.165) is 30.9 Å². The highest BCUT2D eigenvalue weighted by molar-refractivity contribution is 6.42. The first-order chi connectivity index (χ1) is 8.72. The van der Waals surface area contributed by atoms with E-state index in [0.29, 0.717) is 16.1 Å². The van der Waals surface area contributed by atoms with Crippen LogP contribution in [-0.4, -0.2) is 6.54 Å². The highest BCUT2D eigenvalue weighted by Crippen LogP contribution is 2.38. The fraction of sp³-hybridized carbons (Fsp3) is 0.600. The molecular weight excluding hydrogens is 265 g/mol. The molecule has 0 amide bonds. The number of halogens is 2. The van der Waals surface area contributed by atoms with Crippen LogP contribution in [0.3, 0.4) is 0 Å². The molecule has 0 radical (unpaired) electrons. The minimum atomic E-state index is 0.344. The van der Waals surface area contributed by atoms with Crippen LogP contribution in [0.2, 0.25) is 10.0 Å². The summed E-state index contributed by atoms with van der Waals surface area (Å²) in [4.78, 5) is 0. The van der Waals surface area contributed by atoms with Gasteiger partial charge in [0.2, 0.25) is 0 Å². The Kier molecular flexibility index (Phi) is 5.35. The van der Waals surface area contributed by atoms with E-state index in [1.54, 1.807) is 0 Å². The molecule has 0 aromatic heterocycles. The molecule has 1 fully saturated rings. The van der Waals surface area contributed by atoms with Crippen LogP contribution < -0.4 is 5.32 Å². The molecule has 1 aromatic rings. The van der Waals surface area contributed by atoms with Crippen molar-refractivity contribution in [3.05, 3.63) is 33.8 Å². The minimum Gasteiger partial charge on any atom is -0.310 e. The third kappa shape index (κ3) is 3.88. The Balaban J connectivity index is 2.06. The fourth-order valence-corrected chi connectivity index (χ4v) is 2.72. The fourth-order valence-electron chi connectivity index (χ4n) is 2.28. The monoisotopic (exact) mass is 285 g/mol. The van der Waals surface area contributed by atoms with E-state index in [1.165, 1.54) is 19.3 Å². The van der Waals surface area contributed by atoms with Crippen LogP contribution in [0.15, 0.2) is 18.2 Å². The molecule has 0 bridgehead atoms. The molecular formula is C15H21Cl2N. The molecule has 2 rings (SSSR count). The normalized spacial score (nSPS) is 16.8. The summed E-state index contributed by atoms with van der Waals surface area (Å²) in [5.74, 6) is 0.953. The zero-order valence-electron chi connectivity index (χ0n) is 10.9. The maximum absolute atomic E-state index is 6.33. The van der Waals surface area contributed by atoms with Gasteiger partial charge < -0.3 is 5.32 Å². The van der Waals surface area contributed by atoms with Gasteiger partial charge in [-0.25, -0.2) is 0 Å². The highest BCUT2D eigenvalue weighted by atomic mass is 35.5. The molecule has 1 aliphatic rings. The first-order valence-corrected chi connectivity index (χ1v) is 7.65. The van der Waals surface area contributed by atoms with Crippen molar-refractivity contribution in [2.45, 2.75) is 45.1 Å². The molecule has 1 nitrogen and oxygen atoms in total. The van der Waals surface area contributed by atoms with Gasteiger partial charge >= 0.3 is 0 Å². The molecule has 1 unspecified atom stereocenters. The molecule has 0 aliphatic heterocycles. The molecule has 1 atom stereocenters. The standard InChI is InChI=1S/C15H21Cl2N/c1-2-10-18-14(9-8-11-6-7-11)12-4-3-5-13(16)15(12)17/h3-5,11,14,18H,2,6-10H2,1H3. The van der Waals surface area contributed by atoms with Crippen molar-refractivity contribution < 1.29 is 0 Å². The molecule has 0 heterocycles. The Morgan fingerprint density at radius 2 is 2.11 bits per heavy atom. The quantitative estimate of drug-likeness (QED) is 0.724. The summed E-state index contributed by atoms with van der Waals surface area (Å²) in [6.45, 7) is 3.21. The predicted molar refractivity (Wildman–Crippen MR) is 79.5 cm³/mol. The van der Waals surface area contributed by atoms with Crippen LogP contribution in [-0.2, 0) is 0 Å². The average molecular weight is 286 g/mol. The average Bonchev–Trinajstić information content (AvgIpc) is 3.18. The largest absolute Gasteiger partial charge is 0.310 e. The molecule has 1 saturated carbocycles. The number of hydrogen-bond donors (Lipinski definition) is 1. The summed E-state index contributed by atoms with van der Waals surface area (Å²) in [5, 5.41) is 4.96. The van der Waals surface area contributed by atoms with E-state index < -0.39 is 0 Å². The van der Waals surface area contributed by atoms with E-state index in [1.807, 2.05) is 12.1 Å². The second-order valence-electron chi connectivity index (χ2n) is 5.17. The number of nitrogens with one attached hydrogen (secondary N) is 1. The lowest BCUT2D eigenvalue weighted by Crippen LogP contribution is -2.22. The first kappa shape index (κ1) is 14.2. The van der Waals surface area contributed by atoms with Crippen molar-refractivity contribution >= 4 is 23.2 Å². The maximum atomic E-state index is 6.33. The van der Waals surface area contributed by atoms with Gasteiger partial charge in [0.15, 0.2) is 0 Å². The van der Waals surface area contributed by atoms with E-state index in [9.17, 15) is 0 Å². The first-order valence-electron chi connectivity index (χ1n) is 6.89. The summed E-state index contributed by atoms with van der Waals surface area (Å²) in [7, 11) is 0. The SMILES string of the molecule is CCCNC(CCC1CC1)c1cccc(Cl)c1Cl. The van der Waals surface area contributed by atoms with Gasteiger partial charge in [0.25, 0.3) is 0 Å². The Morgan fingerprint density at radius 1 is 1.33 bits per heavy atom. The number of hydrogen-bond acceptors (Lipinski definition) is 1. The third-order valence-corrected chi connectivity index (χ3v) is 4.39. The van der Waals surface area contributed by atoms with E-state index in [-0.39, 0.29) is 0 Å². The van der Waals surface area contributed by atoms with Crippen LogP contribution in [0.1, 0.15) is 50.6 Å². The van der Waals surface area contributed by atoms with Crippen molar-refractivity contribution in [2.24, 2.45) is 5.92 Å². The molecule has 18 heavy (non-hydrogen) atoms. The van der Waals surface area contributed by atoms with Gasteiger partial charge in [-0.3, -0.25) is 0 Å². The number of rotatable bonds is 7. The van der Waals surface area contributed by atoms with Gasteiger partial charge in [0.05, 0.1) is 10.0 Å². The lowest BCUT2D eigenvalue weighted by atomic mass is 10.00. The summed E-state index contributed by atoms with van der Waals surface area (Å²) in [6, 6.07) is 6.28. The molecule has 100 valence electrons. The van der Waals surface area contributed by atoms with Crippen molar-refractivity contribution in [1.29, 1.82) is 0 Å². The van der Waals surface area contributed by atoms with E-state index >= 15 is 0 Å². The van der Waals surface area contributed by atoms with E-state index in [4.69, 9.17) is 23.2 Å². The Hall–Kier alpha value is -0.240. The molecule has 0 spiro atoms. The second-order valence-corrected chi connectivity index (χ2v) is 5.96. The van der Waals surface area contributed by atoms with Crippen LogP contribution in [0, 0.1) is 5.92 Å². The van der Waals surface area contributed by atoms with E-state index in [2.05, 4.69) is 18.3 Å². The van der Waals surface area contributed by atoms with Crippen molar-refractivity contribution in [1.82, 2.24) is 5.32 Å². The Morgan fingerprint density at radius 3 is 2.78 bits per heavy atom. The zero-order chi connectivity index (χ0) is 13.0. The summed E-state index contributed by atoms with van der Waals surface area (Å²) >= 11 is 12.4. The molecule has 3 heteroatoms. The summed E-state index contributed by atoms with van der Waals surface area (Å²) in [6.07, 6.45) is 6.40. The molecule has 0 saturated heterocycles. The van der Waals surface area contributed by atoms with Gasteiger partial charge in [0, 0.05) is 6.04 Å². The summed E-state index contributed by atoms with van der Waals surface area (Å²) in [5.41, 5.74) is 1.15. The predicted octanol–water partition coefficient (Wildman–Crippen LogP) is 5.22. The van der Waals surface area contributed by atoms with Gasteiger partial charge in [-0.2, -0.15) is 0 Å². The molecule has 1 aliphatic carbocycles. The van der Waals surface area contributed by atoms with Gasteiger partial charge in [-0.05, 0) is 43.4 Å². The van der Waals surface area contributed by atoms with Gasteiger partial charge in [-0.1, -0.05) is 55.1 Å². The van der Waals surface area contributed by atoms with Gasteiger partial charge in [-0.15, -0.1) is 0 Å². The van der Waals surface area contributed by atoms with Crippen molar-refractivity contribution in [3.8, 4) is 0 Å². The van der Waals surface area contributed by atoms with Crippen LogP contribution >= 0.6 is 23.2 Å². The maximum Gasteiger partial charge on any atom is 0.0640 e. The second kappa shape index (κ2) is 6.79. The highest BCUT2D eigenvalue weighted by Gasteiger charge is 2.24. The lowest BCUT2D eigenvalue weighted by molar-refractivity contribution is 0.470. The van der Waals surface area contributed by atoms with Gasteiger partial charge in [0.1, 0.15) is 0 Å². The van der Waals surface area contributed by atoms with Crippen molar-refractivity contribution in [3.63, 3.8) is 0 Å². The van der Waals surface area contributed by atoms with Crippen molar-refractivity contribution in [2.75, 3.05) is 6.54 Å². The Labute approximate surface area is 120 Å².